The van der Waals surface area contributed by atoms with Gasteiger partial charge in [-0.2, -0.15) is 13.2 Å². The molecule has 1 heterocycles. The molecule has 3 rings (SSSR count). The molecule has 0 spiro atoms. The van der Waals surface area contributed by atoms with Gasteiger partial charge in [-0.1, -0.05) is 32.0 Å². The smallest absolute Gasteiger partial charge is 0.378 e. The molecule has 2 aromatic rings. The number of carbonyl (C=O) groups excluding carboxylic acids is 2. The first-order chi connectivity index (χ1) is 15.2. The number of ether oxygens (including phenoxy) is 1. The molecule has 32 heavy (non-hydrogen) atoms. The van der Waals surface area contributed by atoms with Gasteiger partial charge in [0.2, 0.25) is 5.91 Å². The summed E-state index contributed by atoms with van der Waals surface area (Å²) in [6, 6.07) is 11.1. The molecule has 6 nitrogen and oxygen atoms in total. The van der Waals surface area contributed by atoms with Gasteiger partial charge in [0.05, 0.1) is 24.5 Å². The Labute approximate surface area is 184 Å². The molecule has 1 fully saturated rings. The number of halogens is 3. The van der Waals surface area contributed by atoms with E-state index in [-0.39, 0.29) is 11.6 Å². The predicted octanol–water partition coefficient (Wildman–Crippen LogP) is 3.94. The third kappa shape index (κ3) is 5.79. The van der Waals surface area contributed by atoms with Gasteiger partial charge in [0.15, 0.2) is 0 Å². The minimum atomic E-state index is -4.66. The molecule has 2 aromatic carbocycles. The van der Waals surface area contributed by atoms with E-state index in [0.29, 0.717) is 37.6 Å². The van der Waals surface area contributed by atoms with Crippen LogP contribution < -0.4 is 15.5 Å². The number of nitrogens with zero attached hydrogens (tertiary/aromatic N) is 1. The van der Waals surface area contributed by atoms with Crippen LogP contribution in [-0.4, -0.2) is 44.2 Å². The lowest BCUT2D eigenvalue weighted by Gasteiger charge is -2.30. The largest absolute Gasteiger partial charge is 0.418 e. The minimum absolute atomic E-state index is 0.343. The highest BCUT2D eigenvalue weighted by molar-refractivity contribution is 6.01. The van der Waals surface area contributed by atoms with Crippen molar-refractivity contribution in [1.29, 1.82) is 0 Å². The van der Waals surface area contributed by atoms with Gasteiger partial charge in [0, 0.05) is 24.3 Å². The quantitative estimate of drug-likeness (QED) is 0.701. The fourth-order valence-corrected chi connectivity index (χ4v) is 3.45. The Morgan fingerprint density at radius 1 is 1.03 bits per heavy atom. The summed E-state index contributed by atoms with van der Waals surface area (Å²) in [4.78, 5) is 27.1. The van der Waals surface area contributed by atoms with Crippen molar-refractivity contribution in [2.45, 2.75) is 26.1 Å². The van der Waals surface area contributed by atoms with E-state index < -0.39 is 29.6 Å². The number of nitrogens with one attached hydrogen (secondary N) is 2. The van der Waals surface area contributed by atoms with Crippen LogP contribution in [0.3, 0.4) is 0 Å². The highest BCUT2D eigenvalue weighted by atomic mass is 19.4. The van der Waals surface area contributed by atoms with Gasteiger partial charge in [-0.3, -0.25) is 9.59 Å². The van der Waals surface area contributed by atoms with Crippen molar-refractivity contribution in [3.05, 3.63) is 59.7 Å². The minimum Gasteiger partial charge on any atom is -0.378 e. The Hall–Kier alpha value is -3.07. The van der Waals surface area contributed by atoms with Crippen molar-refractivity contribution in [1.82, 2.24) is 5.32 Å². The van der Waals surface area contributed by atoms with Crippen LogP contribution in [0, 0.1) is 5.92 Å². The summed E-state index contributed by atoms with van der Waals surface area (Å²) in [5.41, 5.74) is -0.515. The monoisotopic (exact) mass is 449 g/mol. The number of benzene rings is 2. The summed E-state index contributed by atoms with van der Waals surface area (Å²) < 4.78 is 46.6. The van der Waals surface area contributed by atoms with Crippen molar-refractivity contribution < 1.29 is 27.5 Å². The van der Waals surface area contributed by atoms with E-state index in [2.05, 4.69) is 10.6 Å². The van der Waals surface area contributed by atoms with Crippen LogP contribution >= 0.6 is 0 Å². The fraction of sp³-hybridized carbons (Fsp3) is 0.391. The number of amides is 2. The predicted molar refractivity (Wildman–Crippen MR) is 116 cm³/mol. The van der Waals surface area contributed by atoms with Gasteiger partial charge in [-0.15, -0.1) is 0 Å². The van der Waals surface area contributed by atoms with E-state index >= 15 is 0 Å². The highest BCUT2D eigenvalue weighted by Crippen LogP contribution is 2.37. The maximum Gasteiger partial charge on any atom is 0.418 e. The normalized spacial score (nSPS) is 15.4. The molecule has 1 aliphatic heterocycles. The average molecular weight is 449 g/mol. The molecule has 1 saturated heterocycles. The standard InChI is InChI=1S/C23H26F3N3O3/c1-15(2)20(28-21(30)16-6-4-3-5-7-16)22(31)27-19-9-8-17(14-18(19)23(24,25)26)29-10-12-32-13-11-29/h3-9,14-15,20H,10-13H2,1-2H3,(H,27,31)(H,28,30). The molecule has 0 radical (unpaired) electrons. The maximum atomic E-state index is 13.8. The number of anilines is 2. The van der Waals surface area contributed by atoms with Crippen LogP contribution in [0.25, 0.3) is 0 Å². The number of carbonyl (C=O) groups is 2. The first-order valence-corrected chi connectivity index (χ1v) is 10.4. The van der Waals surface area contributed by atoms with Crippen molar-refractivity contribution in [3.8, 4) is 0 Å². The van der Waals surface area contributed by atoms with Crippen LogP contribution in [0.1, 0.15) is 29.8 Å². The van der Waals surface area contributed by atoms with Crippen LogP contribution in [0.15, 0.2) is 48.5 Å². The number of hydrogen-bond acceptors (Lipinski definition) is 4. The molecule has 0 bridgehead atoms. The molecular weight excluding hydrogens is 423 g/mol. The molecule has 1 aliphatic rings. The molecule has 2 N–H and O–H groups in total. The second-order valence-corrected chi connectivity index (χ2v) is 7.88. The molecule has 0 aromatic heterocycles. The fourth-order valence-electron chi connectivity index (χ4n) is 3.45. The molecule has 1 atom stereocenters. The van der Waals surface area contributed by atoms with E-state index in [0.717, 1.165) is 6.07 Å². The van der Waals surface area contributed by atoms with Crippen LogP contribution in [-0.2, 0) is 15.7 Å². The molecule has 0 aliphatic carbocycles. The maximum absolute atomic E-state index is 13.8. The Bertz CT molecular complexity index is 942. The van der Waals surface area contributed by atoms with Gasteiger partial charge >= 0.3 is 6.18 Å². The lowest BCUT2D eigenvalue weighted by Crippen LogP contribution is -2.47. The molecule has 1 unspecified atom stereocenters. The second kappa shape index (κ2) is 10.0. The van der Waals surface area contributed by atoms with Gasteiger partial charge in [-0.25, -0.2) is 0 Å². The number of morpholine rings is 1. The Morgan fingerprint density at radius 3 is 2.28 bits per heavy atom. The lowest BCUT2D eigenvalue weighted by atomic mass is 10.0. The molecule has 2 amide bonds. The lowest BCUT2D eigenvalue weighted by molar-refractivity contribution is -0.137. The Kier molecular flexibility index (Phi) is 7.40. The molecular formula is C23H26F3N3O3. The highest BCUT2D eigenvalue weighted by Gasteiger charge is 2.36. The number of hydrogen-bond donors (Lipinski definition) is 2. The number of rotatable bonds is 6. The van der Waals surface area contributed by atoms with E-state index in [1.54, 1.807) is 55.1 Å². The van der Waals surface area contributed by atoms with Gasteiger partial charge in [0.1, 0.15) is 6.04 Å². The summed E-state index contributed by atoms with van der Waals surface area (Å²) in [5, 5.41) is 4.99. The van der Waals surface area contributed by atoms with E-state index in [4.69, 9.17) is 4.74 Å². The van der Waals surface area contributed by atoms with Crippen LogP contribution in [0.5, 0.6) is 0 Å². The SMILES string of the molecule is CC(C)C(NC(=O)c1ccccc1)C(=O)Nc1ccc(N2CCOCC2)cc1C(F)(F)F. The molecule has 9 heteroatoms. The molecule has 172 valence electrons. The molecule has 0 saturated carbocycles. The van der Waals surface area contributed by atoms with Crippen LogP contribution in [0.4, 0.5) is 24.5 Å². The first-order valence-electron chi connectivity index (χ1n) is 10.4. The second-order valence-electron chi connectivity index (χ2n) is 7.88. The van der Waals surface area contributed by atoms with E-state index in [1.165, 1.54) is 6.07 Å². The Morgan fingerprint density at radius 2 is 1.69 bits per heavy atom. The zero-order valence-corrected chi connectivity index (χ0v) is 17.9. The summed E-state index contributed by atoms with van der Waals surface area (Å²) in [5.74, 6) is -1.53. The number of alkyl halides is 3. The third-order valence-corrected chi connectivity index (χ3v) is 5.21. The van der Waals surface area contributed by atoms with Crippen molar-refractivity contribution in [2.24, 2.45) is 5.92 Å². The summed E-state index contributed by atoms with van der Waals surface area (Å²) in [6.45, 7) is 5.28. The summed E-state index contributed by atoms with van der Waals surface area (Å²) in [6.07, 6.45) is -4.66. The Balaban J connectivity index is 1.81. The summed E-state index contributed by atoms with van der Waals surface area (Å²) in [7, 11) is 0. The van der Waals surface area contributed by atoms with Crippen molar-refractivity contribution in [2.75, 3.05) is 36.5 Å². The average Bonchev–Trinajstić information content (AvgIpc) is 2.77. The third-order valence-electron chi connectivity index (χ3n) is 5.21. The van der Waals surface area contributed by atoms with Gasteiger partial charge in [-0.05, 0) is 36.2 Å². The van der Waals surface area contributed by atoms with Crippen LogP contribution in [0.2, 0.25) is 0 Å². The van der Waals surface area contributed by atoms with E-state index in [1.807, 2.05) is 0 Å². The van der Waals surface area contributed by atoms with Crippen molar-refractivity contribution in [3.63, 3.8) is 0 Å². The van der Waals surface area contributed by atoms with Gasteiger partial charge in [0.25, 0.3) is 5.91 Å². The first kappa shape index (κ1) is 23.6. The zero-order chi connectivity index (χ0) is 23.3. The summed E-state index contributed by atoms with van der Waals surface area (Å²) >= 11 is 0. The topological polar surface area (TPSA) is 70.7 Å². The van der Waals surface area contributed by atoms with E-state index in [9.17, 15) is 22.8 Å². The van der Waals surface area contributed by atoms with Gasteiger partial charge < -0.3 is 20.3 Å². The van der Waals surface area contributed by atoms with Crippen molar-refractivity contribution >= 4 is 23.2 Å². The zero-order valence-electron chi connectivity index (χ0n) is 17.9.